The number of carbonyl (C=O) groups is 2. The van der Waals surface area contributed by atoms with Gasteiger partial charge in [-0.3, -0.25) is 14.6 Å². The van der Waals surface area contributed by atoms with Gasteiger partial charge in [0.15, 0.2) is 0 Å². The van der Waals surface area contributed by atoms with Crippen molar-refractivity contribution >= 4 is 11.9 Å². The molecule has 1 aromatic carbocycles. The van der Waals surface area contributed by atoms with Gasteiger partial charge in [-0.05, 0) is 24.6 Å². The maximum atomic E-state index is 12.9. The van der Waals surface area contributed by atoms with Crippen molar-refractivity contribution in [1.82, 2.24) is 15.1 Å². The number of aliphatic hydroxyl groups is 1. The lowest BCUT2D eigenvalue weighted by Gasteiger charge is -2.29. The Morgan fingerprint density at radius 3 is 2.46 bits per heavy atom. The SMILES string of the molecule is C[C@@]1(c2ccc(OC(F)F)cc2)NC(=O)N(C[C@H](O)CN2CCOCC2)C1=O. The van der Waals surface area contributed by atoms with Gasteiger partial charge in [-0.2, -0.15) is 8.78 Å². The van der Waals surface area contributed by atoms with Crippen LogP contribution in [0.2, 0.25) is 0 Å². The predicted molar refractivity (Wildman–Crippen MR) is 93.9 cm³/mol. The van der Waals surface area contributed by atoms with Crippen molar-refractivity contribution in [3.63, 3.8) is 0 Å². The highest BCUT2D eigenvalue weighted by Gasteiger charge is 2.49. The number of morpholine rings is 1. The van der Waals surface area contributed by atoms with Crippen molar-refractivity contribution in [2.75, 3.05) is 39.4 Å². The molecule has 0 radical (unpaired) electrons. The van der Waals surface area contributed by atoms with E-state index < -0.39 is 30.2 Å². The Kier molecular flexibility index (Phi) is 6.11. The number of hydrogen-bond donors (Lipinski definition) is 2. The highest BCUT2D eigenvalue weighted by molar-refractivity contribution is 6.07. The maximum absolute atomic E-state index is 12.9. The van der Waals surface area contributed by atoms with Crippen LogP contribution in [0.15, 0.2) is 24.3 Å². The summed E-state index contributed by atoms with van der Waals surface area (Å²) in [6, 6.07) is 4.90. The number of nitrogens with one attached hydrogen (secondary N) is 1. The quantitative estimate of drug-likeness (QED) is 0.658. The van der Waals surface area contributed by atoms with E-state index in [9.17, 15) is 23.5 Å². The number of aliphatic hydroxyl groups excluding tert-OH is 1. The van der Waals surface area contributed by atoms with Crippen molar-refractivity contribution in [2.45, 2.75) is 25.2 Å². The van der Waals surface area contributed by atoms with Crippen LogP contribution in [0.5, 0.6) is 5.75 Å². The van der Waals surface area contributed by atoms with Gasteiger partial charge in [0.05, 0.1) is 25.9 Å². The van der Waals surface area contributed by atoms with Crippen LogP contribution in [-0.2, 0) is 15.1 Å². The number of carbonyl (C=O) groups excluding carboxylic acids is 2. The van der Waals surface area contributed by atoms with Crippen LogP contribution in [0.3, 0.4) is 0 Å². The number of hydrogen-bond acceptors (Lipinski definition) is 6. The third-order valence-corrected chi connectivity index (χ3v) is 4.90. The van der Waals surface area contributed by atoms with E-state index in [1.807, 2.05) is 4.90 Å². The zero-order chi connectivity index (χ0) is 20.3. The number of imide groups is 1. The molecule has 2 fully saturated rings. The van der Waals surface area contributed by atoms with E-state index in [4.69, 9.17) is 4.74 Å². The lowest BCUT2D eigenvalue weighted by molar-refractivity contribution is -0.132. The summed E-state index contributed by atoms with van der Waals surface area (Å²) in [4.78, 5) is 28.2. The van der Waals surface area contributed by atoms with Crippen LogP contribution in [0.25, 0.3) is 0 Å². The molecule has 0 aliphatic carbocycles. The van der Waals surface area contributed by atoms with Gasteiger partial charge in [0, 0.05) is 19.6 Å². The minimum absolute atomic E-state index is 0.0445. The minimum atomic E-state index is -2.95. The summed E-state index contributed by atoms with van der Waals surface area (Å²) in [6.45, 7) is 1.31. The fraction of sp³-hybridized carbons (Fsp3) is 0.556. The number of β-amino-alcohol motifs (C(OH)–C–C–N with tert-alkyl or cyclic N) is 1. The molecule has 2 heterocycles. The second-order valence-corrected chi connectivity index (χ2v) is 6.94. The van der Waals surface area contributed by atoms with Crippen LogP contribution >= 0.6 is 0 Å². The molecule has 8 nitrogen and oxygen atoms in total. The molecule has 2 atom stereocenters. The van der Waals surface area contributed by atoms with E-state index in [0.717, 1.165) is 4.90 Å². The molecule has 2 N–H and O–H groups in total. The third kappa shape index (κ3) is 4.40. The number of amides is 3. The lowest BCUT2D eigenvalue weighted by Crippen LogP contribution is -2.46. The average Bonchev–Trinajstić information content (AvgIpc) is 2.86. The summed E-state index contributed by atoms with van der Waals surface area (Å²) < 4.78 is 34.1. The number of rotatable bonds is 7. The molecule has 0 bridgehead atoms. The summed E-state index contributed by atoms with van der Waals surface area (Å²) in [5.41, 5.74) is -0.920. The molecule has 10 heteroatoms. The van der Waals surface area contributed by atoms with E-state index >= 15 is 0 Å². The molecule has 0 saturated carbocycles. The third-order valence-electron chi connectivity index (χ3n) is 4.90. The van der Waals surface area contributed by atoms with E-state index in [-0.39, 0.29) is 12.3 Å². The Hall–Kier alpha value is -2.30. The van der Waals surface area contributed by atoms with Crippen molar-refractivity contribution in [1.29, 1.82) is 0 Å². The van der Waals surface area contributed by atoms with Crippen molar-refractivity contribution in [2.24, 2.45) is 0 Å². The molecule has 0 spiro atoms. The monoisotopic (exact) mass is 399 g/mol. The molecule has 0 unspecified atom stereocenters. The lowest BCUT2D eigenvalue weighted by atomic mass is 9.92. The number of nitrogens with zero attached hydrogens (tertiary/aromatic N) is 2. The van der Waals surface area contributed by atoms with E-state index in [0.29, 0.717) is 38.4 Å². The van der Waals surface area contributed by atoms with Crippen molar-refractivity contribution in [3.05, 3.63) is 29.8 Å². The molecule has 2 aliphatic rings. The van der Waals surface area contributed by atoms with Crippen LogP contribution in [0.1, 0.15) is 12.5 Å². The van der Waals surface area contributed by atoms with Crippen LogP contribution < -0.4 is 10.1 Å². The molecular weight excluding hydrogens is 376 g/mol. The molecule has 3 amide bonds. The first kappa shape index (κ1) is 20.4. The molecule has 2 saturated heterocycles. The van der Waals surface area contributed by atoms with Gasteiger partial charge in [-0.1, -0.05) is 12.1 Å². The Balaban J connectivity index is 1.66. The average molecular weight is 399 g/mol. The maximum Gasteiger partial charge on any atom is 0.387 e. The van der Waals surface area contributed by atoms with Crippen LogP contribution in [0, 0.1) is 0 Å². The molecular formula is C18H23F2N3O5. The van der Waals surface area contributed by atoms with Gasteiger partial charge in [0.2, 0.25) is 0 Å². The molecule has 0 aromatic heterocycles. The molecule has 154 valence electrons. The summed E-state index contributed by atoms with van der Waals surface area (Å²) >= 11 is 0. The number of ether oxygens (including phenoxy) is 2. The Morgan fingerprint density at radius 1 is 1.21 bits per heavy atom. The van der Waals surface area contributed by atoms with Gasteiger partial charge in [-0.25, -0.2) is 4.79 Å². The minimum Gasteiger partial charge on any atom is -0.435 e. The van der Waals surface area contributed by atoms with Crippen molar-refractivity contribution < 1.29 is 33.0 Å². The molecule has 2 aliphatic heterocycles. The van der Waals surface area contributed by atoms with Gasteiger partial charge in [0.1, 0.15) is 11.3 Å². The van der Waals surface area contributed by atoms with Gasteiger partial charge >= 0.3 is 12.6 Å². The largest absolute Gasteiger partial charge is 0.435 e. The summed E-state index contributed by atoms with van der Waals surface area (Å²) in [7, 11) is 0. The first-order valence-electron chi connectivity index (χ1n) is 8.97. The zero-order valence-corrected chi connectivity index (χ0v) is 15.4. The second kappa shape index (κ2) is 8.38. The van der Waals surface area contributed by atoms with Gasteiger partial charge < -0.3 is 19.9 Å². The smallest absolute Gasteiger partial charge is 0.387 e. The summed E-state index contributed by atoms with van der Waals surface area (Å²) in [5, 5.41) is 12.9. The van der Waals surface area contributed by atoms with E-state index in [1.165, 1.54) is 31.2 Å². The second-order valence-electron chi connectivity index (χ2n) is 6.94. The van der Waals surface area contributed by atoms with E-state index in [2.05, 4.69) is 10.1 Å². The number of halogens is 2. The van der Waals surface area contributed by atoms with E-state index in [1.54, 1.807) is 0 Å². The predicted octanol–water partition coefficient (Wildman–Crippen LogP) is 0.748. The number of benzene rings is 1. The highest BCUT2D eigenvalue weighted by Crippen LogP contribution is 2.30. The normalized spacial score (nSPS) is 24.5. The highest BCUT2D eigenvalue weighted by atomic mass is 19.3. The first-order chi connectivity index (χ1) is 13.3. The molecule has 1 aromatic rings. The topological polar surface area (TPSA) is 91.3 Å². The summed E-state index contributed by atoms with van der Waals surface area (Å²) in [5.74, 6) is -0.557. The Morgan fingerprint density at radius 2 is 1.86 bits per heavy atom. The Labute approximate surface area is 161 Å². The zero-order valence-electron chi connectivity index (χ0n) is 15.4. The van der Waals surface area contributed by atoms with Crippen LogP contribution in [0.4, 0.5) is 13.6 Å². The van der Waals surface area contributed by atoms with Gasteiger partial charge in [0.25, 0.3) is 5.91 Å². The molecule has 28 heavy (non-hydrogen) atoms. The fourth-order valence-corrected chi connectivity index (χ4v) is 3.38. The number of alkyl halides is 2. The molecule has 3 rings (SSSR count). The Bertz CT molecular complexity index is 712. The number of urea groups is 1. The standard InChI is InChI=1S/C18H23F2N3O5/c1-18(12-2-4-14(5-3-12)28-16(19)20)15(25)23(17(26)21-18)11-13(24)10-22-6-8-27-9-7-22/h2-5,13,16,24H,6-11H2,1H3,(H,21,26)/t13-,18+/m1/s1. The van der Waals surface area contributed by atoms with Crippen LogP contribution in [-0.4, -0.2) is 79.0 Å². The first-order valence-corrected chi connectivity index (χ1v) is 8.97. The van der Waals surface area contributed by atoms with Crippen molar-refractivity contribution in [3.8, 4) is 5.75 Å². The van der Waals surface area contributed by atoms with Gasteiger partial charge in [-0.15, -0.1) is 0 Å². The fourth-order valence-electron chi connectivity index (χ4n) is 3.38. The summed E-state index contributed by atoms with van der Waals surface area (Å²) in [6.07, 6.45) is -0.892.